The molecule has 1 heterocycles. The number of carbonyl (C=O) groups excluding carboxylic acids is 3. The van der Waals surface area contributed by atoms with E-state index in [9.17, 15) is 14.4 Å². The van der Waals surface area contributed by atoms with Crippen molar-refractivity contribution in [1.29, 1.82) is 0 Å². The Labute approximate surface area is 121 Å². The fourth-order valence-electron chi connectivity index (χ4n) is 1.76. The highest BCUT2D eigenvalue weighted by molar-refractivity contribution is 6.14. The first-order valence-corrected chi connectivity index (χ1v) is 6.40. The van der Waals surface area contributed by atoms with Crippen molar-refractivity contribution < 1.29 is 28.7 Å². The molecular weight excluding hydrogens is 278 g/mol. The average molecular weight is 293 g/mol. The van der Waals surface area contributed by atoms with Crippen molar-refractivity contribution in [1.82, 2.24) is 5.06 Å². The van der Waals surface area contributed by atoms with E-state index in [1.54, 1.807) is 31.2 Å². The topological polar surface area (TPSA) is 82.1 Å². The molecule has 7 heteroatoms. The van der Waals surface area contributed by atoms with E-state index in [1.165, 1.54) is 6.92 Å². The Morgan fingerprint density at radius 2 is 1.95 bits per heavy atom. The lowest BCUT2D eigenvalue weighted by atomic mass is 10.1. The number of carbonyl (C=O) groups is 3. The van der Waals surface area contributed by atoms with E-state index in [-0.39, 0.29) is 13.2 Å². The standard InChI is InChI=1S/C14H15NO6/c1-3-19-12(17)14(2)11(16)15(13(18)21-14)20-9-10-7-5-4-6-8-10/h4-8H,3,9H2,1-2H3. The van der Waals surface area contributed by atoms with E-state index in [2.05, 4.69) is 0 Å². The summed E-state index contributed by atoms with van der Waals surface area (Å²) in [7, 11) is 0. The minimum Gasteiger partial charge on any atom is -0.463 e. The monoisotopic (exact) mass is 293 g/mol. The van der Waals surface area contributed by atoms with Crippen LogP contribution in [0.2, 0.25) is 0 Å². The van der Waals surface area contributed by atoms with Gasteiger partial charge in [0.25, 0.3) is 5.60 Å². The van der Waals surface area contributed by atoms with Crippen LogP contribution in [-0.2, 0) is 30.5 Å². The molecule has 1 aliphatic rings. The van der Waals surface area contributed by atoms with Gasteiger partial charge in [-0.3, -0.25) is 9.63 Å². The number of benzene rings is 1. The third kappa shape index (κ3) is 2.87. The number of hydroxylamine groups is 2. The molecule has 0 radical (unpaired) electrons. The number of ether oxygens (including phenoxy) is 2. The van der Waals surface area contributed by atoms with Crippen molar-refractivity contribution in [2.75, 3.05) is 6.61 Å². The fraction of sp³-hybridized carbons (Fsp3) is 0.357. The molecule has 0 aliphatic carbocycles. The van der Waals surface area contributed by atoms with Gasteiger partial charge in [-0.2, -0.15) is 0 Å². The molecule has 2 amide bonds. The number of nitrogens with zero attached hydrogens (tertiary/aromatic N) is 1. The summed E-state index contributed by atoms with van der Waals surface area (Å²) in [6.45, 7) is 2.84. The molecule has 0 aromatic heterocycles. The molecule has 1 fully saturated rings. The Morgan fingerprint density at radius 1 is 1.29 bits per heavy atom. The maximum absolute atomic E-state index is 12.1. The number of hydrogen-bond donors (Lipinski definition) is 0. The van der Waals surface area contributed by atoms with Crippen molar-refractivity contribution in [3.63, 3.8) is 0 Å². The molecule has 21 heavy (non-hydrogen) atoms. The van der Waals surface area contributed by atoms with Gasteiger partial charge in [-0.25, -0.2) is 9.59 Å². The van der Waals surface area contributed by atoms with E-state index < -0.39 is 23.6 Å². The Balaban J connectivity index is 2.06. The maximum atomic E-state index is 12.1. The Kier molecular flexibility index (Phi) is 4.23. The average Bonchev–Trinajstić information content (AvgIpc) is 2.69. The van der Waals surface area contributed by atoms with E-state index in [0.29, 0.717) is 5.06 Å². The smallest absolute Gasteiger partial charge is 0.443 e. The molecule has 1 aromatic rings. The lowest BCUT2D eigenvalue weighted by Gasteiger charge is -2.17. The van der Waals surface area contributed by atoms with E-state index in [4.69, 9.17) is 14.3 Å². The largest absolute Gasteiger partial charge is 0.463 e. The predicted molar refractivity (Wildman–Crippen MR) is 69.6 cm³/mol. The first-order chi connectivity index (χ1) is 9.99. The highest BCUT2D eigenvalue weighted by Crippen LogP contribution is 2.26. The third-order valence-corrected chi connectivity index (χ3v) is 2.92. The lowest BCUT2D eigenvalue weighted by molar-refractivity contribution is -0.177. The zero-order chi connectivity index (χ0) is 15.5. The van der Waals surface area contributed by atoms with Crippen LogP contribution in [0.5, 0.6) is 0 Å². The van der Waals surface area contributed by atoms with Gasteiger partial charge in [0.05, 0.1) is 6.61 Å². The zero-order valence-electron chi connectivity index (χ0n) is 11.7. The molecule has 0 spiro atoms. The number of esters is 1. The van der Waals surface area contributed by atoms with E-state index in [0.717, 1.165) is 5.56 Å². The molecule has 1 atom stereocenters. The fourth-order valence-corrected chi connectivity index (χ4v) is 1.76. The van der Waals surface area contributed by atoms with Crippen molar-refractivity contribution in [3.8, 4) is 0 Å². The molecule has 1 unspecified atom stereocenters. The number of hydrogen-bond acceptors (Lipinski definition) is 6. The minimum absolute atomic E-state index is 0.000581. The summed E-state index contributed by atoms with van der Waals surface area (Å²) in [6, 6.07) is 8.97. The van der Waals surface area contributed by atoms with Gasteiger partial charge in [-0.05, 0) is 19.4 Å². The van der Waals surface area contributed by atoms with Crippen LogP contribution in [0.1, 0.15) is 19.4 Å². The normalized spacial score (nSPS) is 21.3. The van der Waals surface area contributed by atoms with E-state index in [1.807, 2.05) is 6.07 Å². The highest BCUT2D eigenvalue weighted by atomic mass is 16.8. The van der Waals surface area contributed by atoms with Gasteiger partial charge in [0, 0.05) is 0 Å². The van der Waals surface area contributed by atoms with Crippen LogP contribution < -0.4 is 0 Å². The van der Waals surface area contributed by atoms with Crippen molar-refractivity contribution >= 4 is 18.0 Å². The van der Waals surface area contributed by atoms with Crippen molar-refractivity contribution in [3.05, 3.63) is 35.9 Å². The molecule has 1 aromatic carbocycles. The molecule has 0 saturated carbocycles. The van der Waals surface area contributed by atoms with Crippen LogP contribution in [0.3, 0.4) is 0 Å². The summed E-state index contributed by atoms with van der Waals surface area (Å²) < 4.78 is 9.55. The molecule has 0 N–H and O–H groups in total. The van der Waals surface area contributed by atoms with Crippen LogP contribution in [0, 0.1) is 0 Å². The van der Waals surface area contributed by atoms with Gasteiger partial charge >= 0.3 is 18.0 Å². The quantitative estimate of drug-likeness (QED) is 0.603. The minimum atomic E-state index is -2.00. The van der Waals surface area contributed by atoms with Gasteiger partial charge in [0.2, 0.25) is 0 Å². The number of rotatable bonds is 5. The summed E-state index contributed by atoms with van der Waals surface area (Å²) in [6.07, 6.45) is -1.04. The summed E-state index contributed by atoms with van der Waals surface area (Å²) in [5, 5.41) is 0.448. The van der Waals surface area contributed by atoms with Gasteiger partial charge in [-0.1, -0.05) is 30.3 Å². The Hall–Kier alpha value is -2.41. The van der Waals surface area contributed by atoms with Crippen LogP contribution >= 0.6 is 0 Å². The number of cyclic esters (lactones) is 1. The SMILES string of the molecule is CCOC(=O)C1(C)OC(=O)N(OCc2ccccc2)C1=O. The second kappa shape index (κ2) is 5.92. The lowest BCUT2D eigenvalue weighted by Crippen LogP contribution is -2.46. The first kappa shape index (κ1) is 15.0. The molecular formula is C14H15NO6. The molecule has 7 nitrogen and oxygen atoms in total. The van der Waals surface area contributed by atoms with Gasteiger partial charge in [-0.15, -0.1) is 5.06 Å². The molecule has 0 bridgehead atoms. The predicted octanol–water partition coefficient (Wildman–Crippen LogP) is 1.42. The number of imide groups is 1. The van der Waals surface area contributed by atoms with Crippen LogP contribution in [0.25, 0.3) is 0 Å². The first-order valence-electron chi connectivity index (χ1n) is 6.40. The Morgan fingerprint density at radius 3 is 2.57 bits per heavy atom. The zero-order valence-corrected chi connectivity index (χ0v) is 11.7. The molecule has 1 aliphatic heterocycles. The molecule has 2 rings (SSSR count). The van der Waals surface area contributed by atoms with Crippen LogP contribution in [0.15, 0.2) is 30.3 Å². The van der Waals surface area contributed by atoms with Crippen molar-refractivity contribution in [2.24, 2.45) is 0 Å². The number of amides is 2. The van der Waals surface area contributed by atoms with Crippen molar-refractivity contribution in [2.45, 2.75) is 26.1 Å². The summed E-state index contributed by atoms with van der Waals surface area (Å²) in [5.74, 6) is -1.82. The van der Waals surface area contributed by atoms with Crippen LogP contribution in [-0.4, -0.2) is 35.2 Å². The second-order valence-corrected chi connectivity index (χ2v) is 4.48. The second-order valence-electron chi connectivity index (χ2n) is 4.48. The molecule has 1 saturated heterocycles. The third-order valence-electron chi connectivity index (χ3n) is 2.92. The van der Waals surface area contributed by atoms with Gasteiger partial charge in [0.15, 0.2) is 0 Å². The van der Waals surface area contributed by atoms with Gasteiger partial charge < -0.3 is 9.47 Å². The van der Waals surface area contributed by atoms with E-state index >= 15 is 0 Å². The molecule has 112 valence electrons. The Bertz CT molecular complexity index is 558. The van der Waals surface area contributed by atoms with Crippen LogP contribution in [0.4, 0.5) is 4.79 Å². The summed E-state index contributed by atoms with van der Waals surface area (Å²) in [4.78, 5) is 40.7. The highest BCUT2D eigenvalue weighted by Gasteiger charge is 2.58. The maximum Gasteiger partial charge on any atom is 0.443 e. The summed E-state index contributed by atoms with van der Waals surface area (Å²) >= 11 is 0. The summed E-state index contributed by atoms with van der Waals surface area (Å²) in [5.41, 5.74) is -1.23. The van der Waals surface area contributed by atoms with Gasteiger partial charge in [0.1, 0.15) is 6.61 Å².